The molecule has 0 saturated carbocycles. The Kier molecular flexibility index (Phi) is 5.50. The summed E-state index contributed by atoms with van der Waals surface area (Å²) in [5, 5.41) is 6.29. The number of anilines is 2. The summed E-state index contributed by atoms with van der Waals surface area (Å²) in [6.45, 7) is 7.00. The second kappa shape index (κ2) is 7.99. The van der Waals surface area contributed by atoms with Crippen LogP contribution >= 0.6 is 0 Å². The second-order valence-corrected chi connectivity index (χ2v) is 7.43. The van der Waals surface area contributed by atoms with Gasteiger partial charge in [-0.2, -0.15) is 0 Å². The Morgan fingerprint density at radius 1 is 1.00 bits per heavy atom. The van der Waals surface area contributed by atoms with Crippen molar-refractivity contribution in [3.05, 3.63) is 83.9 Å². The van der Waals surface area contributed by atoms with Crippen LogP contribution in [-0.2, 0) is 12.0 Å². The molecule has 2 aromatic heterocycles. The number of benzene rings is 1. The van der Waals surface area contributed by atoms with Crippen molar-refractivity contribution in [3.8, 4) is 0 Å². The van der Waals surface area contributed by atoms with Gasteiger partial charge in [0.2, 0.25) is 0 Å². The highest BCUT2D eigenvalue weighted by atomic mass is 16.1. The standard InChI is InChI=1S/C22H24N4O/c1-22(2,3)19-8-4-5-9-20(19)26-21(27)17-11-18(15-24-14-17)25-13-16-7-6-10-23-12-16/h4-12,14-15,25H,13H2,1-3H3,(H,26,27). The molecule has 0 atom stereocenters. The Morgan fingerprint density at radius 3 is 2.56 bits per heavy atom. The van der Waals surface area contributed by atoms with Crippen molar-refractivity contribution in [1.82, 2.24) is 9.97 Å². The highest BCUT2D eigenvalue weighted by Crippen LogP contribution is 2.29. The highest BCUT2D eigenvalue weighted by molar-refractivity contribution is 6.05. The van der Waals surface area contributed by atoms with Crippen molar-refractivity contribution in [2.24, 2.45) is 0 Å². The molecule has 3 aromatic rings. The fourth-order valence-corrected chi connectivity index (χ4v) is 2.81. The number of nitrogens with one attached hydrogen (secondary N) is 2. The molecule has 1 amide bonds. The average Bonchev–Trinajstić information content (AvgIpc) is 2.67. The summed E-state index contributed by atoms with van der Waals surface area (Å²) >= 11 is 0. The first-order valence-electron chi connectivity index (χ1n) is 8.92. The lowest BCUT2D eigenvalue weighted by molar-refractivity contribution is 0.102. The van der Waals surface area contributed by atoms with Gasteiger partial charge in [-0.05, 0) is 34.7 Å². The van der Waals surface area contributed by atoms with Gasteiger partial charge in [0.15, 0.2) is 0 Å². The summed E-state index contributed by atoms with van der Waals surface area (Å²) < 4.78 is 0. The van der Waals surface area contributed by atoms with Crippen molar-refractivity contribution in [2.75, 3.05) is 10.6 Å². The van der Waals surface area contributed by atoms with Crippen LogP contribution in [0.3, 0.4) is 0 Å². The first-order chi connectivity index (χ1) is 12.9. The number of pyridine rings is 2. The number of rotatable bonds is 5. The first-order valence-corrected chi connectivity index (χ1v) is 8.92. The second-order valence-electron chi connectivity index (χ2n) is 7.43. The maximum atomic E-state index is 12.7. The molecular formula is C22H24N4O. The summed E-state index contributed by atoms with van der Waals surface area (Å²) in [4.78, 5) is 21.0. The van der Waals surface area contributed by atoms with Crippen molar-refractivity contribution in [3.63, 3.8) is 0 Å². The number of carbonyl (C=O) groups excluding carboxylic acids is 1. The lowest BCUT2D eigenvalue weighted by Crippen LogP contribution is -2.19. The van der Waals surface area contributed by atoms with Gasteiger partial charge >= 0.3 is 0 Å². The van der Waals surface area contributed by atoms with Crippen LogP contribution in [0.4, 0.5) is 11.4 Å². The quantitative estimate of drug-likeness (QED) is 0.696. The van der Waals surface area contributed by atoms with Gasteiger partial charge in [-0.1, -0.05) is 45.0 Å². The topological polar surface area (TPSA) is 66.9 Å². The Bertz CT molecular complexity index is 917. The molecule has 2 N–H and O–H groups in total. The molecule has 0 bridgehead atoms. The Hall–Kier alpha value is -3.21. The summed E-state index contributed by atoms with van der Waals surface area (Å²) in [6, 6.07) is 13.6. The van der Waals surface area contributed by atoms with Gasteiger partial charge in [0.05, 0.1) is 11.3 Å². The van der Waals surface area contributed by atoms with E-state index in [4.69, 9.17) is 0 Å². The van der Waals surface area contributed by atoms with Crippen LogP contribution in [-0.4, -0.2) is 15.9 Å². The Balaban J connectivity index is 1.73. The van der Waals surface area contributed by atoms with E-state index in [0.29, 0.717) is 12.1 Å². The normalized spacial score (nSPS) is 11.1. The van der Waals surface area contributed by atoms with Gasteiger partial charge < -0.3 is 10.6 Å². The molecule has 0 saturated heterocycles. The molecule has 0 unspecified atom stereocenters. The van der Waals surface area contributed by atoms with Crippen molar-refractivity contribution >= 4 is 17.3 Å². The van der Waals surface area contributed by atoms with Crippen LogP contribution in [0.15, 0.2) is 67.3 Å². The molecule has 5 nitrogen and oxygen atoms in total. The molecule has 5 heteroatoms. The molecular weight excluding hydrogens is 336 g/mol. The van der Waals surface area contributed by atoms with Crippen LogP contribution in [0.5, 0.6) is 0 Å². The van der Waals surface area contributed by atoms with Crippen LogP contribution < -0.4 is 10.6 Å². The molecule has 138 valence electrons. The maximum Gasteiger partial charge on any atom is 0.257 e. The summed E-state index contributed by atoms with van der Waals surface area (Å²) in [6.07, 6.45) is 6.83. The highest BCUT2D eigenvalue weighted by Gasteiger charge is 2.19. The minimum absolute atomic E-state index is 0.0603. The number of aromatic nitrogens is 2. The van der Waals surface area contributed by atoms with Gasteiger partial charge in [-0.25, -0.2) is 0 Å². The molecule has 0 aliphatic rings. The zero-order valence-electron chi connectivity index (χ0n) is 15.9. The Morgan fingerprint density at radius 2 is 1.81 bits per heavy atom. The van der Waals surface area contributed by atoms with E-state index in [0.717, 1.165) is 22.5 Å². The van der Waals surface area contributed by atoms with Crippen molar-refractivity contribution in [1.29, 1.82) is 0 Å². The monoisotopic (exact) mass is 360 g/mol. The van der Waals surface area contributed by atoms with Gasteiger partial charge in [0.25, 0.3) is 5.91 Å². The van der Waals surface area contributed by atoms with Crippen LogP contribution in [0.1, 0.15) is 42.3 Å². The molecule has 3 rings (SSSR count). The number of hydrogen-bond acceptors (Lipinski definition) is 4. The van der Waals surface area contributed by atoms with E-state index >= 15 is 0 Å². The average molecular weight is 360 g/mol. The number of carbonyl (C=O) groups is 1. The predicted molar refractivity (Wildman–Crippen MR) is 109 cm³/mol. The number of nitrogens with zero attached hydrogens (tertiary/aromatic N) is 2. The van der Waals surface area contributed by atoms with Gasteiger partial charge in [0.1, 0.15) is 0 Å². The lowest BCUT2D eigenvalue weighted by Gasteiger charge is -2.23. The van der Waals surface area contributed by atoms with E-state index in [2.05, 4.69) is 41.4 Å². The third-order valence-corrected chi connectivity index (χ3v) is 4.20. The van der Waals surface area contributed by atoms with Crippen molar-refractivity contribution in [2.45, 2.75) is 32.7 Å². The number of hydrogen-bond donors (Lipinski definition) is 2. The zero-order valence-corrected chi connectivity index (χ0v) is 15.9. The van der Waals surface area contributed by atoms with Crippen LogP contribution in [0, 0.1) is 0 Å². The Labute approximate surface area is 159 Å². The van der Waals surface area contributed by atoms with E-state index in [-0.39, 0.29) is 11.3 Å². The molecule has 0 aliphatic heterocycles. The van der Waals surface area contributed by atoms with E-state index in [9.17, 15) is 4.79 Å². The maximum absolute atomic E-state index is 12.7. The fourth-order valence-electron chi connectivity index (χ4n) is 2.81. The molecule has 0 radical (unpaired) electrons. The summed E-state index contributed by atoms with van der Waals surface area (Å²) in [5.41, 5.74) is 4.22. The molecule has 27 heavy (non-hydrogen) atoms. The molecule has 0 spiro atoms. The third kappa shape index (κ3) is 4.91. The molecule has 1 aromatic carbocycles. The predicted octanol–water partition coefficient (Wildman–Crippen LogP) is 4.64. The number of amides is 1. The minimum Gasteiger partial charge on any atom is -0.380 e. The zero-order chi connectivity index (χ0) is 19.3. The van der Waals surface area contributed by atoms with E-state index in [1.54, 1.807) is 30.9 Å². The molecule has 2 heterocycles. The SMILES string of the molecule is CC(C)(C)c1ccccc1NC(=O)c1cncc(NCc2cccnc2)c1. The third-order valence-electron chi connectivity index (χ3n) is 4.20. The molecule has 0 fully saturated rings. The van der Waals surface area contributed by atoms with Crippen LogP contribution in [0.25, 0.3) is 0 Å². The van der Waals surface area contributed by atoms with Gasteiger partial charge in [-0.3, -0.25) is 14.8 Å². The minimum atomic E-state index is -0.177. The largest absolute Gasteiger partial charge is 0.380 e. The smallest absolute Gasteiger partial charge is 0.257 e. The lowest BCUT2D eigenvalue weighted by atomic mass is 9.86. The van der Waals surface area contributed by atoms with Gasteiger partial charge in [0, 0.05) is 37.0 Å². The van der Waals surface area contributed by atoms with E-state index in [1.165, 1.54) is 0 Å². The van der Waals surface area contributed by atoms with E-state index in [1.807, 2.05) is 36.4 Å². The van der Waals surface area contributed by atoms with Crippen LogP contribution in [0.2, 0.25) is 0 Å². The van der Waals surface area contributed by atoms with E-state index < -0.39 is 0 Å². The number of para-hydroxylation sites is 1. The van der Waals surface area contributed by atoms with Crippen molar-refractivity contribution < 1.29 is 4.79 Å². The fraction of sp³-hybridized carbons (Fsp3) is 0.227. The first kappa shape index (κ1) is 18.6. The summed E-state index contributed by atoms with van der Waals surface area (Å²) in [5.74, 6) is -0.177. The summed E-state index contributed by atoms with van der Waals surface area (Å²) in [7, 11) is 0. The van der Waals surface area contributed by atoms with Gasteiger partial charge in [-0.15, -0.1) is 0 Å². The molecule has 0 aliphatic carbocycles.